The number of alkyl halides is 1. The maximum Gasteiger partial charge on any atom is 0.244 e. The van der Waals surface area contributed by atoms with Gasteiger partial charge in [-0.1, -0.05) is 13.0 Å². The lowest BCUT2D eigenvalue weighted by Gasteiger charge is -2.20. The molecule has 0 N–H and O–H groups in total. The number of hydrogen-bond acceptors (Lipinski definition) is 4. The van der Waals surface area contributed by atoms with E-state index in [1.807, 2.05) is 19.1 Å². The molecule has 0 fully saturated rings. The molecule has 20 heavy (non-hydrogen) atoms. The highest BCUT2D eigenvalue weighted by Gasteiger charge is 2.26. The van der Waals surface area contributed by atoms with Crippen molar-refractivity contribution in [3.8, 4) is 0 Å². The van der Waals surface area contributed by atoms with Crippen molar-refractivity contribution in [2.24, 2.45) is 0 Å². The van der Waals surface area contributed by atoms with Gasteiger partial charge >= 0.3 is 0 Å². The van der Waals surface area contributed by atoms with Crippen molar-refractivity contribution in [3.05, 3.63) is 46.4 Å². The highest BCUT2D eigenvalue weighted by atomic mass is 35.5. The first kappa shape index (κ1) is 15.4. The molecule has 0 bridgehead atoms. The van der Waals surface area contributed by atoms with Gasteiger partial charge in [0.2, 0.25) is 10.0 Å². The van der Waals surface area contributed by atoms with Crippen molar-refractivity contribution >= 4 is 33.0 Å². The Morgan fingerprint density at radius 1 is 1.35 bits per heavy atom. The fourth-order valence-electron chi connectivity index (χ4n) is 1.83. The zero-order chi connectivity index (χ0) is 14.6. The summed E-state index contributed by atoms with van der Waals surface area (Å²) in [4.78, 5) is 5.15. The van der Waals surface area contributed by atoms with Crippen LogP contribution in [0.2, 0.25) is 0 Å². The molecule has 2 aromatic heterocycles. The first-order valence-electron chi connectivity index (χ1n) is 6.12. The Labute approximate surface area is 128 Å². The van der Waals surface area contributed by atoms with Crippen LogP contribution in [0.3, 0.4) is 0 Å². The summed E-state index contributed by atoms with van der Waals surface area (Å²) < 4.78 is 26.7. The zero-order valence-electron chi connectivity index (χ0n) is 11.0. The van der Waals surface area contributed by atoms with E-state index in [0.717, 1.165) is 5.69 Å². The Kier molecular flexibility index (Phi) is 5.15. The number of nitrogens with zero attached hydrogens (tertiary/aromatic N) is 2. The minimum absolute atomic E-state index is 0.202. The average molecular weight is 331 g/mol. The van der Waals surface area contributed by atoms with Crippen LogP contribution in [-0.4, -0.2) is 24.3 Å². The summed E-state index contributed by atoms with van der Waals surface area (Å²) in [6, 6.07) is 7.07. The fourth-order valence-corrected chi connectivity index (χ4v) is 4.93. The van der Waals surface area contributed by atoms with Crippen molar-refractivity contribution in [1.82, 2.24) is 9.29 Å². The van der Waals surface area contributed by atoms with Gasteiger partial charge in [0, 0.05) is 17.6 Å². The van der Waals surface area contributed by atoms with Crippen molar-refractivity contribution in [1.29, 1.82) is 0 Å². The van der Waals surface area contributed by atoms with E-state index in [4.69, 9.17) is 11.6 Å². The molecule has 2 aromatic rings. The van der Waals surface area contributed by atoms with Gasteiger partial charge in [-0.3, -0.25) is 4.98 Å². The Hall–Kier alpha value is -0.950. The molecular formula is C13H15ClN2O2S2. The van der Waals surface area contributed by atoms with E-state index in [-0.39, 0.29) is 12.4 Å². The van der Waals surface area contributed by atoms with E-state index in [1.54, 1.807) is 23.7 Å². The SMILES string of the molecule is CCN(Cc1ccccn1)S(=O)(=O)c1ccsc1CCl. The van der Waals surface area contributed by atoms with E-state index in [1.165, 1.54) is 15.6 Å². The molecule has 0 saturated heterocycles. The quantitative estimate of drug-likeness (QED) is 0.765. The number of pyridine rings is 1. The molecule has 0 aliphatic heterocycles. The van der Waals surface area contributed by atoms with E-state index in [2.05, 4.69) is 4.98 Å². The highest BCUT2D eigenvalue weighted by Crippen LogP contribution is 2.27. The van der Waals surface area contributed by atoms with Gasteiger partial charge in [-0.2, -0.15) is 4.31 Å². The standard InChI is InChI=1S/C13H15ClN2O2S2/c1-2-16(10-11-5-3-4-7-15-11)20(17,18)13-6-8-19-12(13)9-14/h3-8H,2,9-10H2,1H3. The number of hydrogen-bond donors (Lipinski definition) is 0. The number of sulfonamides is 1. The van der Waals surface area contributed by atoms with Gasteiger partial charge in [0.05, 0.1) is 23.0 Å². The smallest absolute Gasteiger partial charge is 0.244 e. The van der Waals surface area contributed by atoms with Crippen LogP contribution in [-0.2, 0) is 22.4 Å². The summed E-state index contributed by atoms with van der Waals surface area (Å²) in [7, 11) is -3.53. The second kappa shape index (κ2) is 6.67. The molecular weight excluding hydrogens is 316 g/mol. The first-order chi connectivity index (χ1) is 9.59. The molecule has 0 aliphatic carbocycles. The monoisotopic (exact) mass is 330 g/mol. The number of rotatable bonds is 6. The molecule has 7 heteroatoms. The third-order valence-electron chi connectivity index (χ3n) is 2.86. The molecule has 4 nitrogen and oxygen atoms in total. The molecule has 2 rings (SSSR count). The number of halogens is 1. The van der Waals surface area contributed by atoms with E-state index in [9.17, 15) is 8.42 Å². The minimum Gasteiger partial charge on any atom is -0.260 e. The van der Waals surface area contributed by atoms with E-state index < -0.39 is 10.0 Å². The lowest BCUT2D eigenvalue weighted by atomic mass is 10.3. The summed E-state index contributed by atoms with van der Waals surface area (Å²) in [6.07, 6.45) is 1.66. The normalized spacial score (nSPS) is 11.9. The van der Waals surface area contributed by atoms with Gasteiger partial charge in [0.25, 0.3) is 0 Å². The zero-order valence-corrected chi connectivity index (χ0v) is 13.4. The van der Waals surface area contributed by atoms with Gasteiger partial charge in [-0.05, 0) is 23.6 Å². The second-order valence-electron chi connectivity index (χ2n) is 4.09. The van der Waals surface area contributed by atoms with E-state index >= 15 is 0 Å². The lowest BCUT2D eigenvalue weighted by Crippen LogP contribution is -2.31. The van der Waals surface area contributed by atoms with Gasteiger partial charge in [-0.15, -0.1) is 22.9 Å². The van der Waals surface area contributed by atoms with Crippen LogP contribution < -0.4 is 0 Å². The summed E-state index contributed by atoms with van der Waals surface area (Å²) in [5.74, 6) is 0.202. The molecule has 0 unspecified atom stereocenters. The largest absolute Gasteiger partial charge is 0.260 e. The summed E-state index contributed by atoms with van der Waals surface area (Å²) in [6.45, 7) is 2.46. The maximum atomic E-state index is 12.7. The summed E-state index contributed by atoms with van der Waals surface area (Å²) in [5.41, 5.74) is 0.723. The Morgan fingerprint density at radius 3 is 2.75 bits per heavy atom. The van der Waals surface area contributed by atoms with E-state index in [0.29, 0.717) is 16.3 Å². The van der Waals surface area contributed by atoms with Crippen LogP contribution in [0.4, 0.5) is 0 Å². The predicted octanol–water partition coefficient (Wildman–Crippen LogP) is 3.09. The van der Waals surface area contributed by atoms with Crippen LogP contribution in [0.15, 0.2) is 40.7 Å². The van der Waals surface area contributed by atoms with Crippen molar-refractivity contribution in [2.45, 2.75) is 24.2 Å². The highest BCUT2D eigenvalue weighted by molar-refractivity contribution is 7.89. The fraction of sp³-hybridized carbons (Fsp3) is 0.308. The molecule has 0 amide bonds. The minimum atomic E-state index is -3.53. The molecule has 0 saturated carbocycles. The third-order valence-corrected chi connectivity index (χ3v) is 6.34. The molecule has 0 atom stereocenters. The predicted molar refractivity (Wildman–Crippen MR) is 81.4 cm³/mol. The Balaban J connectivity index is 2.31. The molecule has 0 aromatic carbocycles. The van der Waals surface area contributed by atoms with Crippen LogP contribution in [0.1, 0.15) is 17.5 Å². The molecule has 0 radical (unpaired) electrons. The summed E-state index contributed by atoms with van der Waals surface area (Å²) >= 11 is 7.16. The molecule has 108 valence electrons. The van der Waals surface area contributed by atoms with Crippen molar-refractivity contribution < 1.29 is 8.42 Å². The van der Waals surface area contributed by atoms with Crippen molar-refractivity contribution in [2.75, 3.05) is 6.54 Å². The topological polar surface area (TPSA) is 50.3 Å². The maximum absolute atomic E-state index is 12.7. The van der Waals surface area contributed by atoms with Gasteiger partial charge in [0.15, 0.2) is 0 Å². The average Bonchev–Trinajstić information content (AvgIpc) is 2.95. The van der Waals surface area contributed by atoms with Gasteiger partial charge in [-0.25, -0.2) is 8.42 Å². The van der Waals surface area contributed by atoms with Gasteiger partial charge in [0.1, 0.15) is 0 Å². The Morgan fingerprint density at radius 2 is 2.15 bits per heavy atom. The van der Waals surface area contributed by atoms with Crippen LogP contribution >= 0.6 is 22.9 Å². The van der Waals surface area contributed by atoms with Crippen LogP contribution in [0.5, 0.6) is 0 Å². The third kappa shape index (κ3) is 3.20. The first-order valence-corrected chi connectivity index (χ1v) is 8.97. The van der Waals surface area contributed by atoms with Crippen molar-refractivity contribution in [3.63, 3.8) is 0 Å². The number of aromatic nitrogens is 1. The van der Waals surface area contributed by atoms with Gasteiger partial charge < -0.3 is 0 Å². The number of thiophene rings is 1. The molecule has 0 aliphatic rings. The molecule has 0 spiro atoms. The second-order valence-corrected chi connectivity index (χ2v) is 7.27. The summed E-state index contributed by atoms with van der Waals surface area (Å²) in [5, 5.41) is 1.75. The Bertz CT molecular complexity index is 656. The van der Waals surface area contributed by atoms with Crippen LogP contribution in [0, 0.1) is 0 Å². The lowest BCUT2D eigenvalue weighted by molar-refractivity contribution is 0.419. The molecule has 2 heterocycles. The van der Waals surface area contributed by atoms with Crippen LogP contribution in [0.25, 0.3) is 0 Å².